The molecule has 1 aromatic rings. The number of hydrogen-bond donors (Lipinski definition) is 0. The van der Waals surface area contributed by atoms with Crippen molar-refractivity contribution in [2.24, 2.45) is 5.16 Å². The van der Waals surface area contributed by atoms with Crippen LogP contribution in [0.3, 0.4) is 0 Å². The van der Waals surface area contributed by atoms with E-state index in [1.807, 2.05) is 0 Å². The van der Waals surface area contributed by atoms with Crippen molar-refractivity contribution in [2.75, 3.05) is 6.54 Å². The molecule has 2 heterocycles. The third-order valence-electron chi connectivity index (χ3n) is 3.01. The van der Waals surface area contributed by atoms with Crippen LogP contribution in [0, 0.1) is 0 Å². The molecule has 1 fully saturated rings. The maximum absolute atomic E-state index is 12.9. The minimum Gasteiger partial charge on any atom is -0.317 e. The lowest BCUT2D eigenvalue weighted by atomic mass is 10.1. The molecule has 0 aromatic carbocycles. The van der Waals surface area contributed by atoms with Crippen LogP contribution in [0.4, 0.5) is 13.2 Å². The fourth-order valence-corrected chi connectivity index (χ4v) is 1.76. The van der Waals surface area contributed by atoms with Crippen molar-refractivity contribution < 1.29 is 27.6 Å². The Kier molecular flexibility index (Phi) is 4.43. The van der Waals surface area contributed by atoms with Gasteiger partial charge in [-0.05, 0) is 6.07 Å². The van der Waals surface area contributed by atoms with Gasteiger partial charge in [0.15, 0.2) is 5.84 Å². The maximum Gasteiger partial charge on any atom is 0.417 e. The van der Waals surface area contributed by atoms with Crippen LogP contribution in [-0.2, 0) is 15.8 Å². The number of nitrogens with zero attached hydrogens (tertiary/aromatic N) is 3. The molecule has 1 saturated heterocycles. The van der Waals surface area contributed by atoms with E-state index in [4.69, 9.17) is 0 Å². The highest BCUT2D eigenvalue weighted by molar-refractivity contribution is 6.09. The summed E-state index contributed by atoms with van der Waals surface area (Å²) in [6.45, 7) is 1.77. The van der Waals surface area contributed by atoms with Gasteiger partial charge in [-0.25, -0.2) is 4.79 Å². The van der Waals surface area contributed by atoms with Crippen molar-refractivity contribution in [1.29, 1.82) is 0 Å². The molecule has 0 radical (unpaired) electrons. The Morgan fingerprint density at radius 3 is 2.73 bits per heavy atom. The van der Waals surface area contributed by atoms with Crippen molar-refractivity contribution >= 4 is 17.7 Å². The summed E-state index contributed by atoms with van der Waals surface area (Å²) in [7, 11) is 0. The highest BCUT2D eigenvalue weighted by Gasteiger charge is 2.38. The quantitative estimate of drug-likeness (QED) is 0.633. The Labute approximate surface area is 123 Å². The zero-order valence-electron chi connectivity index (χ0n) is 11.6. The Bertz CT molecular complexity index is 628. The predicted octanol–water partition coefficient (Wildman–Crippen LogP) is 2.21. The molecule has 0 N–H and O–H groups in total. The van der Waals surface area contributed by atoms with Gasteiger partial charge in [-0.1, -0.05) is 12.1 Å². The van der Waals surface area contributed by atoms with Crippen LogP contribution in [0.5, 0.6) is 0 Å². The lowest BCUT2D eigenvalue weighted by Crippen LogP contribution is -2.48. The molecule has 1 aliphatic heterocycles. The van der Waals surface area contributed by atoms with Gasteiger partial charge in [-0.3, -0.25) is 14.7 Å². The Morgan fingerprint density at radius 1 is 1.45 bits per heavy atom. The van der Waals surface area contributed by atoms with E-state index in [-0.39, 0.29) is 18.8 Å². The average Bonchev–Trinajstić information content (AvgIpc) is 2.45. The largest absolute Gasteiger partial charge is 0.417 e. The summed E-state index contributed by atoms with van der Waals surface area (Å²) < 4.78 is 38.7. The first-order chi connectivity index (χ1) is 10.3. The smallest absolute Gasteiger partial charge is 0.317 e. The van der Waals surface area contributed by atoms with Crippen molar-refractivity contribution in [3.8, 4) is 0 Å². The molecule has 22 heavy (non-hydrogen) atoms. The Balaban J connectivity index is 2.21. The highest BCUT2D eigenvalue weighted by Crippen LogP contribution is 2.32. The number of aromatic nitrogens is 1. The molecule has 0 bridgehead atoms. The summed E-state index contributed by atoms with van der Waals surface area (Å²) in [6, 6.07) is 0.737. The average molecular weight is 315 g/mol. The van der Waals surface area contributed by atoms with E-state index in [0.29, 0.717) is 6.42 Å². The van der Waals surface area contributed by atoms with Gasteiger partial charge in [0, 0.05) is 31.8 Å². The van der Waals surface area contributed by atoms with E-state index < -0.39 is 29.2 Å². The molecule has 9 heteroatoms. The molecule has 0 spiro atoms. The normalized spacial score (nSPS) is 16.4. The van der Waals surface area contributed by atoms with Crippen molar-refractivity contribution in [3.05, 3.63) is 29.6 Å². The lowest BCUT2D eigenvalue weighted by molar-refractivity contribution is -0.143. The standard InChI is InChI=1S/C13H12F3N3O3/c1-2-11(20)22-18-10-4-6-19(10)12(21)8-7-17-5-3-9(8)13(14,15)16/h3,5,7H,2,4,6H2,1H3. The lowest BCUT2D eigenvalue weighted by Gasteiger charge is -2.32. The number of rotatable bonds is 3. The predicted molar refractivity (Wildman–Crippen MR) is 68.7 cm³/mol. The maximum atomic E-state index is 12.9. The number of amidine groups is 1. The minimum absolute atomic E-state index is 0.103. The second kappa shape index (κ2) is 6.12. The molecular weight excluding hydrogens is 303 g/mol. The SMILES string of the molecule is CCC(=O)ON=C1CCN1C(=O)c1cnccc1C(F)(F)F. The van der Waals surface area contributed by atoms with Crippen molar-refractivity contribution in [2.45, 2.75) is 25.9 Å². The minimum atomic E-state index is -4.66. The number of oxime groups is 1. The van der Waals surface area contributed by atoms with Crippen LogP contribution < -0.4 is 0 Å². The van der Waals surface area contributed by atoms with Gasteiger partial charge >= 0.3 is 12.1 Å². The summed E-state index contributed by atoms with van der Waals surface area (Å²) in [6.07, 6.45) is -2.40. The molecule has 118 valence electrons. The number of alkyl halides is 3. The third-order valence-corrected chi connectivity index (χ3v) is 3.01. The number of carbonyl (C=O) groups is 2. The first kappa shape index (κ1) is 15.9. The van der Waals surface area contributed by atoms with Crippen LogP contribution in [-0.4, -0.2) is 34.1 Å². The number of carbonyl (C=O) groups excluding carboxylic acids is 2. The summed E-state index contributed by atoms with van der Waals surface area (Å²) in [5, 5.41) is 3.49. The van der Waals surface area contributed by atoms with E-state index >= 15 is 0 Å². The van der Waals surface area contributed by atoms with Gasteiger partial charge < -0.3 is 4.84 Å². The molecule has 1 aromatic heterocycles. The van der Waals surface area contributed by atoms with Crippen molar-refractivity contribution in [1.82, 2.24) is 9.88 Å². The number of halogens is 3. The van der Waals surface area contributed by atoms with Gasteiger partial charge in [0.1, 0.15) is 0 Å². The van der Waals surface area contributed by atoms with Crippen LogP contribution in [0.2, 0.25) is 0 Å². The second-order valence-corrected chi connectivity index (χ2v) is 4.45. The molecule has 6 nitrogen and oxygen atoms in total. The van der Waals surface area contributed by atoms with Gasteiger partial charge in [-0.15, -0.1) is 0 Å². The number of hydrogen-bond acceptors (Lipinski definition) is 5. The van der Waals surface area contributed by atoms with Gasteiger partial charge in [0.2, 0.25) is 0 Å². The van der Waals surface area contributed by atoms with Crippen LogP contribution in [0.15, 0.2) is 23.6 Å². The van der Waals surface area contributed by atoms with E-state index in [1.54, 1.807) is 6.92 Å². The summed E-state index contributed by atoms with van der Waals surface area (Å²) in [5.41, 5.74) is -1.63. The molecule has 2 rings (SSSR count). The van der Waals surface area contributed by atoms with Crippen LogP contribution in [0.25, 0.3) is 0 Å². The second-order valence-electron chi connectivity index (χ2n) is 4.45. The molecule has 0 unspecified atom stereocenters. The summed E-state index contributed by atoms with van der Waals surface area (Å²) in [5.74, 6) is -1.36. The van der Waals surface area contributed by atoms with Crippen LogP contribution >= 0.6 is 0 Å². The third kappa shape index (κ3) is 3.23. The summed E-state index contributed by atoms with van der Waals surface area (Å²) >= 11 is 0. The van der Waals surface area contributed by atoms with Gasteiger partial charge in [0.25, 0.3) is 5.91 Å². The Hall–Kier alpha value is -2.45. The number of pyridine rings is 1. The first-order valence-electron chi connectivity index (χ1n) is 6.44. The fraction of sp³-hybridized carbons (Fsp3) is 0.385. The number of amides is 1. The van der Waals surface area contributed by atoms with E-state index in [0.717, 1.165) is 23.4 Å². The van der Waals surface area contributed by atoms with E-state index in [1.165, 1.54) is 0 Å². The zero-order valence-corrected chi connectivity index (χ0v) is 11.6. The molecule has 1 aliphatic rings. The zero-order chi connectivity index (χ0) is 16.3. The van der Waals surface area contributed by atoms with Crippen LogP contribution in [0.1, 0.15) is 35.7 Å². The Morgan fingerprint density at radius 2 is 2.18 bits per heavy atom. The highest BCUT2D eigenvalue weighted by atomic mass is 19.4. The number of likely N-dealkylation sites (tertiary alicyclic amines) is 1. The molecule has 1 amide bonds. The van der Waals surface area contributed by atoms with Gasteiger partial charge in [-0.2, -0.15) is 13.2 Å². The molecule has 0 atom stereocenters. The molecule has 0 aliphatic carbocycles. The van der Waals surface area contributed by atoms with E-state index in [9.17, 15) is 22.8 Å². The molecular formula is C13H12F3N3O3. The molecule has 0 saturated carbocycles. The van der Waals surface area contributed by atoms with Gasteiger partial charge in [0.05, 0.1) is 11.1 Å². The first-order valence-corrected chi connectivity index (χ1v) is 6.44. The van der Waals surface area contributed by atoms with Crippen molar-refractivity contribution in [3.63, 3.8) is 0 Å². The fourth-order valence-electron chi connectivity index (χ4n) is 1.76. The monoisotopic (exact) mass is 315 g/mol. The summed E-state index contributed by atoms with van der Waals surface area (Å²) in [4.78, 5) is 32.3. The topological polar surface area (TPSA) is 71.9 Å². The van der Waals surface area contributed by atoms with E-state index in [2.05, 4.69) is 15.0 Å².